The summed E-state index contributed by atoms with van der Waals surface area (Å²) >= 11 is 0. The van der Waals surface area contributed by atoms with Gasteiger partial charge in [0.05, 0.1) is 16.6 Å². The smallest absolute Gasteiger partial charge is 0.0547 e. The van der Waals surface area contributed by atoms with Gasteiger partial charge in [0.25, 0.3) is 0 Å². The van der Waals surface area contributed by atoms with Gasteiger partial charge in [-0.05, 0) is 88.6 Å². The van der Waals surface area contributed by atoms with Crippen LogP contribution >= 0.6 is 0 Å². The molecule has 0 bridgehead atoms. The summed E-state index contributed by atoms with van der Waals surface area (Å²) in [7, 11) is 0. The monoisotopic (exact) mass is 485 g/mol. The number of rotatable bonds is 3. The number of fused-ring (bicyclic) bond motifs is 5. The van der Waals surface area contributed by atoms with Crippen molar-refractivity contribution in [1.29, 1.82) is 0 Å². The van der Waals surface area contributed by atoms with E-state index in [9.17, 15) is 0 Å². The molecule has 3 heteroatoms. The van der Waals surface area contributed by atoms with Gasteiger partial charge in [0, 0.05) is 46.1 Å². The van der Waals surface area contributed by atoms with E-state index in [-0.39, 0.29) is 0 Å². The maximum Gasteiger partial charge on any atom is 0.0547 e. The number of pyridine rings is 1. The first kappa shape index (κ1) is 21.0. The Bertz CT molecular complexity index is 2100. The molecule has 3 nitrogen and oxygen atoms in total. The molecule has 3 aromatic heterocycles. The van der Waals surface area contributed by atoms with Crippen LogP contribution in [0.1, 0.15) is 0 Å². The highest BCUT2D eigenvalue weighted by molar-refractivity contribution is 6.15. The van der Waals surface area contributed by atoms with Crippen LogP contribution in [0.15, 0.2) is 140 Å². The van der Waals surface area contributed by atoms with Crippen molar-refractivity contribution in [1.82, 2.24) is 14.1 Å². The van der Waals surface area contributed by atoms with E-state index < -0.39 is 0 Å². The predicted octanol–water partition coefficient (Wildman–Crippen LogP) is 8.94. The van der Waals surface area contributed by atoms with E-state index in [4.69, 9.17) is 0 Å². The minimum absolute atomic E-state index is 1.12. The van der Waals surface area contributed by atoms with Crippen LogP contribution in [0.2, 0.25) is 0 Å². The number of aromatic nitrogens is 3. The number of hydrogen-bond acceptors (Lipinski definition) is 1. The molecule has 0 N–H and O–H groups in total. The number of para-hydroxylation sites is 2. The minimum atomic E-state index is 1.12. The van der Waals surface area contributed by atoms with Gasteiger partial charge in [-0.15, -0.1) is 0 Å². The summed E-state index contributed by atoms with van der Waals surface area (Å²) in [6.07, 6.45) is 5.88. The molecule has 0 fully saturated rings. The zero-order valence-corrected chi connectivity index (χ0v) is 20.6. The third-order valence-corrected chi connectivity index (χ3v) is 7.59. The third kappa shape index (κ3) is 3.19. The molecule has 0 unspecified atom stereocenters. The molecule has 0 saturated carbocycles. The fourth-order valence-corrected chi connectivity index (χ4v) is 5.78. The lowest BCUT2D eigenvalue weighted by atomic mass is 10.0. The normalized spacial score (nSPS) is 11.7. The first-order valence-corrected chi connectivity index (χ1v) is 12.9. The Hall–Kier alpha value is -5.15. The van der Waals surface area contributed by atoms with Crippen LogP contribution in [-0.4, -0.2) is 14.1 Å². The molecular weight excluding hydrogens is 462 g/mol. The Morgan fingerprint density at radius 1 is 0.474 bits per heavy atom. The first-order valence-electron chi connectivity index (χ1n) is 12.9. The Morgan fingerprint density at radius 3 is 2.11 bits per heavy atom. The second-order valence-corrected chi connectivity index (χ2v) is 9.79. The van der Waals surface area contributed by atoms with Crippen LogP contribution in [-0.2, 0) is 0 Å². The molecule has 0 aliphatic carbocycles. The van der Waals surface area contributed by atoms with Gasteiger partial charge in [-0.1, -0.05) is 54.6 Å². The highest BCUT2D eigenvalue weighted by Gasteiger charge is 2.14. The van der Waals surface area contributed by atoms with Gasteiger partial charge in [0.2, 0.25) is 0 Å². The van der Waals surface area contributed by atoms with Gasteiger partial charge in [-0.3, -0.25) is 4.98 Å². The maximum atomic E-state index is 4.28. The number of hydrogen-bond donors (Lipinski definition) is 0. The van der Waals surface area contributed by atoms with E-state index in [1.54, 1.807) is 0 Å². The largest absolute Gasteiger partial charge is 0.317 e. The van der Waals surface area contributed by atoms with Crippen molar-refractivity contribution in [3.8, 4) is 22.5 Å². The minimum Gasteiger partial charge on any atom is -0.317 e. The van der Waals surface area contributed by atoms with Gasteiger partial charge in [-0.25, -0.2) is 0 Å². The van der Waals surface area contributed by atoms with Gasteiger partial charge >= 0.3 is 0 Å². The Kier molecular flexibility index (Phi) is 4.52. The molecule has 0 aliphatic rings. The van der Waals surface area contributed by atoms with Gasteiger partial charge in [-0.2, -0.15) is 0 Å². The summed E-state index contributed by atoms with van der Waals surface area (Å²) < 4.78 is 4.66. The SMILES string of the molecule is c1ccc(-n2ccc3cc4cc5c(cc4cc32)c2ccccc2n5-c2ccc(-c3cccnc3)cc2)cc1. The Morgan fingerprint density at radius 2 is 1.26 bits per heavy atom. The molecule has 0 aliphatic heterocycles. The van der Waals surface area contributed by atoms with Crippen LogP contribution in [0.25, 0.3) is 66.0 Å². The van der Waals surface area contributed by atoms with Crippen LogP contribution in [0.5, 0.6) is 0 Å². The van der Waals surface area contributed by atoms with E-state index in [0.29, 0.717) is 0 Å². The van der Waals surface area contributed by atoms with Crippen molar-refractivity contribution in [2.75, 3.05) is 0 Å². The fraction of sp³-hybridized carbons (Fsp3) is 0. The van der Waals surface area contributed by atoms with Crippen LogP contribution < -0.4 is 0 Å². The molecule has 8 rings (SSSR count). The van der Waals surface area contributed by atoms with Gasteiger partial charge < -0.3 is 9.13 Å². The maximum absolute atomic E-state index is 4.28. The average Bonchev–Trinajstić information content (AvgIpc) is 3.54. The summed E-state index contributed by atoms with van der Waals surface area (Å²) in [5, 5.41) is 6.26. The third-order valence-electron chi connectivity index (χ3n) is 7.59. The average molecular weight is 486 g/mol. The van der Waals surface area contributed by atoms with E-state index >= 15 is 0 Å². The molecule has 8 aromatic rings. The molecule has 3 heterocycles. The van der Waals surface area contributed by atoms with Gasteiger partial charge in [0.1, 0.15) is 0 Å². The highest BCUT2D eigenvalue weighted by atomic mass is 15.0. The lowest BCUT2D eigenvalue weighted by molar-refractivity contribution is 1.13. The lowest BCUT2D eigenvalue weighted by Gasteiger charge is -2.10. The fourth-order valence-electron chi connectivity index (χ4n) is 5.78. The Balaban J connectivity index is 1.35. The van der Waals surface area contributed by atoms with Crippen molar-refractivity contribution in [2.45, 2.75) is 0 Å². The summed E-state index contributed by atoms with van der Waals surface area (Å²) in [5.41, 5.74) is 8.27. The zero-order chi connectivity index (χ0) is 25.1. The van der Waals surface area contributed by atoms with Crippen molar-refractivity contribution in [3.63, 3.8) is 0 Å². The van der Waals surface area contributed by atoms with E-state index in [1.165, 1.54) is 54.7 Å². The van der Waals surface area contributed by atoms with Crippen LogP contribution in [0, 0.1) is 0 Å². The van der Waals surface area contributed by atoms with Gasteiger partial charge in [0.15, 0.2) is 0 Å². The Labute approximate surface area is 219 Å². The number of nitrogens with zero attached hydrogens (tertiary/aromatic N) is 3. The molecule has 0 radical (unpaired) electrons. The molecule has 178 valence electrons. The van der Waals surface area contributed by atoms with Crippen molar-refractivity contribution in [2.24, 2.45) is 0 Å². The topological polar surface area (TPSA) is 22.8 Å². The first-order chi connectivity index (χ1) is 18.8. The summed E-state index contributed by atoms with van der Waals surface area (Å²) in [6.45, 7) is 0. The van der Waals surface area contributed by atoms with E-state index in [0.717, 1.165) is 11.3 Å². The molecule has 5 aromatic carbocycles. The van der Waals surface area contributed by atoms with Crippen molar-refractivity contribution in [3.05, 3.63) is 140 Å². The predicted molar refractivity (Wildman–Crippen MR) is 158 cm³/mol. The van der Waals surface area contributed by atoms with Crippen molar-refractivity contribution < 1.29 is 0 Å². The highest BCUT2D eigenvalue weighted by Crippen LogP contribution is 2.36. The molecule has 0 atom stereocenters. The lowest BCUT2D eigenvalue weighted by Crippen LogP contribution is -1.94. The van der Waals surface area contributed by atoms with Crippen LogP contribution in [0.3, 0.4) is 0 Å². The van der Waals surface area contributed by atoms with Crippen LogP contribution in [0.4, 0.5) is 0 Å². The van der Waals surface area contributed by atoms with Crippen molar-refractivity contribution >= 4 is 43.5 Å². The summed E-state index contributed by atoms with van der Waals surface area (Å²) in [6, 6.07) is 43.7. The molecule has 38 heavy (non-hydrogen) atoms. The molecule has 0 spiro atoms. The summed E-state index contributed by atoms with van der Waals surface area (Å²) in [5.74, 6) is 0. The molecular formula is C35H23N3. The standard InChI is InChI=1S/C35H23N3/c1-2-8-29(9-3-1)37-18-16-25-19-27-22-35-32(20-28(27)21-34(25)37)31-10-4-5-11-33(31)38(35)30-14-12-24(13-15-30)26-7-6-17-36-23-26/h1-23H. The second kappa shape index (κ2) is 8.19. The second-order valence-electron chi connectivity index (χ2n) is 9.79. The molecule has 0 amide bonds. The van der Waals surface area contributed by atoms with E-state index in [1.807, 2.05) is 18.5 Å². The quantitative estimate of drug-likeness (QED) is 0.245. The van der Waals surface area contributed by atoms with E-state index in [2.05, 4.69) is 136 Å². The molecule has 0 saturated heterocycles. The number of benzene rings is 5. The zero-order valence-electron chi connectivity index (χ0n) is 20.6. The summed E-state index contributed by atoms with van der Waals surface area (Å²) in [4.78, 5) is 4.28.